The van der Waals surface area contributed by atoms with Crippen molar-refractivity contribution < 1.29 is 9.59 Å². The van der Waals surface area contributed by atoms with Gasteiger partial charge in [-0.3, -0.25) is 9.59 Å². The van der Waals surface area contributed by atoms with Crippen LogP contribution in [0.5, 0.6) is 0 Å². The Labute approximate surface area is 177 Å². The van der Waals surface area contributed by atoms with Crippen LogP contribution in [0, 0.1) is 5.92 Å². The Morgan fingerprint density at radius 1 is 1.00 bits per heavy atom. The molecule has 0 radical (unpaired) electrons. The topological polar surface area (TPSA) is 40.6 Å². The smallest absolute Gasteiger partial charge is 0.237 e. The van der Waals surface area contributed by atoms with E-state index in [1.54, 1.807) is 11.8 Å². The van der Waals surface area contributed by atoms with Crippen molar-refractivity contribution in [3.05, 3.63) is 60.2 Å². The fourth-order valence-electron chi connectivity index (χ4n) is 4.28. The molecule has 0 aromatic heterocycles. The number of carbonyl (C=O) groups excluding carboxylic acids is 2. The highest BCUT2D eigenvalue weighted by Gasteiger charge is 2.26. The lowest BCUT2D eigenvalue weighted by Crippen LogP contribution is -2.40. The molecule has 0 unspecified atom stereocenters. The number of amides is 2. The number of thioether (sulfide) groups is 1. The molecule has 2 aliphatic heterocycles. The molecule has 4 nitrogen and oxygen atoms in total. The number of benzene rings is 2. The molecule has 2 aromatic carbocycles. The van der Waals surface area contributed by atoms with Crippen LogP contribution in [-0.2, 0) is 16.0 Å². The fraction of sp³-hybridized carbons (Fsp3) is 0.417. The van der Waals surface area contributed by atoms with Gasteiger partial charge in [-0.1, -0.05) is 42.5 Å². The van der Waals surface area contributed by atoms with E-state index in [1.807, 2.05) is 28.0 Å². The third kappa shape index (κ3) is 5.02. The number of hydrogen-bond acceptors (Lipinski definition) is 3. The van der Waals surface area contributed by atoms with Crippen LogP contribution in [0.4, 0.5) is 5.69 Å². The summed E-state index contributed by atoms with van der Waals surface area (Å²) >= 11 is 1.60. The summed E-state index contributed by atoms with van der Waals surface area (Å²) in [5.74, 6) is 1.53. The van der Waals surface area contributed by atoms with Crippen LogP contribution in [0.3, 0.4) is 0 Å². The van der Waals surface area contributed by atoms with E-state index in [4.69, 9.17) is 0 Å². The highest BCUT2D eigenvalue weighted by molar-refractivity contribution is 8.00. The van der Waals surface area contributed by atoms with E-state index >= 15 is 0 Å². The Morgan fingerprint density at radius 3 is 2.52 bits per heavy atom. The third-order valence-electron chi connectivity index (χ3n) is 5.92. The van der Waals surface area contributed by atoms with Crippen LogP contribution >= 0.6 is 11.8 Å². The van der Waals surface area contributed by atoms with Crippen molar-refractivity contribution in [2.75, 3.05) is 30.3 Å². The zero-order valence-electron chi connectivity index (χ0n) is 16.8. The zero-order valence-corrected chi connectivity index (χ0v) is 17.6. The molecule has 2 heterocycles. The minimum Gasteiger partial charge on any atom is -0.343 e. The molecule has 5 heteroatoms. The molecule has 0 bridgehead atoms. The van der Waals surface area contributed by atoms with Crippen LogP contribution in [0.1, 0.15) is 31.2 Å². The van der Waals surface area contributed by atoms with Crippen molar-refractivity contribution in [3.63, 3.8) is 0 Å². The third-order valence-corrected chi connectivity index (χ3v) is 6.96. The van der Waals surface area contributed by atoms with Gasteiger partial charge in [-0.25, -0.2) is 0 Å². The van der Waals surface area contributed by atoms with Crippen molar-refractivity contribution in [2.45, 2.75) is 37.0 Å². The predicted octanol–water partition coefficient (Wildman–Crippen LogP) is 4.39. The molecule has 2 amide bonds. The van der Waals surface area contributed by atoms with Crippen LogP contribution < -0.4 is 4.90 Å². The van der Waals surface area contributed by atoms with E-state index in [1.165, 1.54) is 5.56 Å². The molecule has 0 saturated carbocycles. The SMILES string of the molecule is O=C(CCCN1C(=O)CSc2ccccc21)N1CCC(Cc2ccccc2)CC1. The lowest BCUT2D eigenvalue weighted by Gasteiger charge is -2.33. The Balaban J connectivity index is 1.22. The Kier molecular flexibility index (Phi) is 6.55. The van der Waals surface area contributed by atoms with Crippen LogP contribution in [0.25, 0.3) is 0 Å². The summed E-state index contributed by atoms with van der Waals surface area (Å²) in [6.07, 6.45) is 4.50. The van der Waals surface area contributed by atoms with E-state index in [0.717, 1.165) is 42.9 Å². The second kappa shape index (κ2) is 9.49. The van der Waals surface area contributed by atoms with E-state index in [-0.39, 0.29) is 11.8 Å². The van der Waals surface area contributed by atoms with Gasteiger partial charge >= 0.3 is 0 Å². The van der Waals surface area contributed by atoms with Gasteiger partial charge in [0.1, 0.15) is 0 Å². The number of likely N-dealkylation sites (tertiary alicyclic amines) is 1. The number of para-hydroxylation sites is 1. The zero-order chi connectivity index (χ0) is 20.1. The minimum absolute atomic E-state index is 0.142. The van der Waals surface area contributed by atoms with Gasteiger partial charge in [0, 0.05) is 31.0 Å². The van der Waals surface area contributed by atoms with Gasteiger partial charge in [-0.05, 0) is 49.3 Å². The molecule has 2 aliphatic rings. The molecule has 4 rings (SSSR count). The first-order chi connectivity index (χ1) is 14.2. The van der Waals surface area contributed by atoms with Gasteiger partial charge in [0.2, 0.25) is 11.8 Å². The van der Waals surface area contributed by atoms with Crippen molar-refractivity contribution in [3.8, 4) is 0 Å². The highest BCUT2D eigenvalue weighted by Crippen LogP contribution is 2.35. The molecule has 0 spiro atoms. The average molecular weight is 409 g/mol. The van der Waals surface area contributed by atoms with Gasteiger partial charge in [0.15, 0.2) is 0 Å². The van der Waals surface area contributed by atoms with Crippen molar-refractivity contribution in [2.24, 2.45) is 5.92 Å². The maximum absolute atomic E-state index is 12.7. The van der Waals surface area contributed by atoms with Crippen LogP contribution in [0.2, 0.25) is 0 Å². The first-order valence-electron chi connectivity index (χ1n) is 10.5. The first kappa shape index (κ1) is 20.0. The van der Waals surface area contributed by atoms with Crippen molar-refractivity contribution in [1.82, 2.24) is 4.90 Å². The standard InChI is InChI=1S/C24H28N2O2S/c27-23(25-15-12-20(13-16-25)17-19-7-2-1-3-8-19)11-6-14-26-21-9-4-5-10-22(21)29-18-24(26)28/h1-5,7-10,20H,6,11-18H2. The van der Waals surface area contributed by atoms with E-state index < -0.39 is 0 Å². The summed E-state index contributed by atoms with van der Waals surface area (Å²) in [7, 11) is 0. The molecular weight excluding hydrogens is 380 g/mol. The molecule has 1 fully saturated rings. The summed E-state index contributed by atoms with van der Waals surface area (Å²) in [6, 6.07) is 18.7. The Bertz CT molecular complexity index is 847. The number of fused-ring (bicyclic) bond motifs is 1. The molecule has 0 atom stereocenters. The molecule has 29 heavy (non-hydrogen) atoms. The summed E-state index contributed by atoms with van der Waals surface area (Å²) < 4.78 is 0. The van der Waals surface area contributed by atoms with E-state index in [0.29, 0.717) is 31.1 Å². The summed E-state index contributed by atoms with van der Waals surface area (Å²) in [4.78, 5) is 30.0. The number of anilines is 1. The van der Waals surface area contributed by atoms with Crippen LogP contribution in [0.15, 0.2) is 59.5 Å². The number of nitrogens with zero attached hydrogens (tertiary/aromatic N) is 2. The van der Waals surface area contributed by atoms with Gasteiger partial charge in [-0.2, -0.15) is 0 Å². The summed E-state index contributed by atoms with van der Waals surface area (Å²) in [5.41, 5.74) is 2.38. The first-order valence-corrected chi connectivity index (χ1v) is 11.5. The second-order valence-corrected chi connectivity index (χ2v) is 8.94. The molecule has 152 valence electrons. The lowest BCUT2D eigenvalue weighted by molar-refractivity contribution is -0.132. The van der Waals surface area contributed by atoms with Crippen molar-refractivity contribution in [1.29, 1.82) is 0 Å². The largest absolute Gasteiger partial charge is 0.343 e. The fourth-order valence-corrected chi connectivity index (χ4v) is 5.22. The van der Waals surface area contributed by atoms with Gasteiger partial charge in [0.25, 0.3) is 0 Å². The maximum Gasteiger partial charge on any atom is 0.237 e. The van der Waals surface area contributed by atoms with E-state index in [9.17, 15) is 9.59 Å². The summed E-state index contributed by atoms with van der Waals surface area (Å²) in [5, 5.41) is 0. The van der Waals surface area contributed by atoms with Crippen LogP contribution in [-0.4, -0.2) is 42.1 Å². The van der Waals surface area contributed by atoms with Gasteiger partial charge in [0.05, 0.1) is 11.4 Å². The number of hydrogen-bond donors (Lipinski definition) is 0. The number of carbonyl (C=O) groups is 2. The quantitative estimate of drug-likeness (QED) is 0.712. The molecular formula is C24H28N2O2S. The molecule has 2 aromatic rings. The molecule has 0 N–H and O–H groups in total. The Morgan fingerprint density at radius 2 is 1.72 bits per heavy atom. The normalized spacial score (nSPS) is 17.3. The summed E-state index contributed by atoms with van der Waals surface area (Å²) in [6.45, 7) is 2.34. The minimum atomic E-state index is 0.142. The molecule has 1 saturated heterocycles. The van der Waals surface area contributed by atoms with Gasteiger partial charge in [-0.15, -0.1) is 11.8 Å². The number of rotatable bonds is 6. The van der Waals surface area contributed by atoms with Gasteiger partial charge < -0.3 is 9.80 Å². The second-order valence-electron chi connectivity index (χ2n) is 7.92. The average Bonchev–Trinajstić information content (AvgIpc) is 2.76. The predicted molar refractivity (Wildman–Crippen MR) is 118 cm³/mol. The monoisotopic (exact) mass is 408 g/mol. The number of piperidine rings is 1. The Hall–Kier alpha value is -2.27. The maximum atomic E-state index is 12.7. The van der Waals surface area contributed by atoms with Crippen molar-refractivity contribution >= 4 is 29.3 Å². The molecule has 0 aliphatic carbocycles. The lowest BCUT2D eigenvalue weighted by atomic mass is 9.90. The van der Waals surface area contributed by atoms with E-state index in [2.05, 4.69) is 36.4 Å². The highest BCUT2D eigenvalue weighted by atomic mass is 32.2.